The van der Waals surface area contributed by atoms with Crippen molar-refractivity contribution in [3.05, 3.63) is 20.8 Å². The number of halogens is 1. The highest BCUT2D eigenvalue weighted by Crippen LogP contribution is 2.43. The standard InChI is InChI=1S/C11H15BrN2OS/c12-9-2-1-8(16-9)5-10(15)14-7-11(6-13)3-4-11/h1-2H,3-7,13H2,(H,14,15). The number of carbonyl (C=O) groups is 1. The molecule has 1 aliphatic carbocycles. The number of hydrogen-bond donors (Lipinski definition) is 2. The highest BCUT2D eigenvalue weighted by atomic mass is 79.9. The minimum absolute atomic E-state index is 0.0917. The third kappa shape index (κ3) is 3.06. The second-order valence-corrected chi connectivity index (χ2v) is 6.91. The Morgan fingerprint density at radius 2 is 2.31 bits per heavy atom. The lowest BCUT2D eigenvalue weighted by Crippen LogP contribution is -2.34. The molecule has 16 heavy (non-hydrogen) atoms. The van der Waals surface area contributed by atoms with Crippen LogP contribution >= 0.6 is 27.3 Å². The van der Waals surface area contributed by atoms with Crippen LogP contribution in [0.5, 0.6) is 0 Å². The Bertz CT molecular complexity index is 387. The second-order valence-electron chi connectivity index (χ2n) is 4.36. The monoisotopic (exact) mass is 302 g/mol. The molecule has 0 saturated heterocycles. The molecule has 3 nitrogen and oxygen atoms in total. The highest BCUT2D eigenvalue weighted by Gasteiger charge is 2.41. The summed E-state index contributed by atoms with van der Waals surface area (Å²) in [4.78, 5) is 12.7. The Hall–Kier alpha value is -0.390. The molecule has 0 spiro atoms. The van der Waals surface area contributed by atoms with E-state index in [0.29, 0.717) is 13.0 Å². The maximum absolute atomic E-state index is 11.7. The number of rotatable bonds is 5. The first kappa shape index (κ1) is 12.1. The van der Waals surface area contributed by atoms with E-state index in [1.54, 1.807) is 11.3 Å². The number of nitrogens with one attached hydrogen (secondary N) is 1. The van der Waals surface area contributed by atoms with Crippen LogP contribution in [-0.2, 0) is 11.2 Å². The van der Waals surface area contributed by atoms with Crippen molar-refractivity contribution in [2.45, 2.75) is 19.3 Å². The van der Waals surface area contributed by atoms with E-state index in [9.17, 15) is 4.79 Å². The Balaban J connectivity index is 1.76. The quantitative estimate of drug-likeness (QED) is 0.873. The molecule has 0 radical (unpaired) electrons. The van der Waals surface area contributed by atoms with Crippen LogP contribution in [0.25, 0.3) is 0 Å². The molecule has 88 valence electrons. The number of nitrogens with two attached hydrogens (primary N) is 1. The van der Waals surface area contributed by atoms with Gasteiger partial charge in [-0.25, -0.2) is 0 Å². The van der Waals surface area contributed by atoms with Crippen LogP contribution in [0.2, 0.25) is 0 Å². The fourth-order valence-corrected chi connectivity index (χ4v) is 3.07. The van der Waals surface area contributed by atoms with E-state index < -0.39 is 0 Å². The fraction of sp³-hybridized carbons (Fsp3) is 0.545. The summed E-state index contributed by atoms with van der Waals surface area (Å²) in [6.07, 6.45) is 2.76. The number of carbonyl (C=O) groups excluding carboxylic acids is 1. The molecule has 1 fully saturated rings. The van der Waals surface area contributed by atoms with Crippen LogP contribution in [0.3, 0.4) is 0 Å². The van der Waals surface area contributed by atoms with E-state index in [2.05, 4.69) is 21.2 Å². The molecule has 2 rings (SSSR count). The maximum Gasteiger partial charge on any atom is 0.225 e. The van der Waals surface area contributed by atoms with Gasteiger partial charge in [0.1, 0.15) is 0 Å². The molecule has 1 saturated carbocycles. The van der Waals surface area contributed by atoms with Gasteiger partial charge in [-0.1, -0.05) is 0 Å². The third-order valence-electron chi connectivity index (χ3n) is 3.01. The molecule has 0 aromatic carbocycles. The van der Waals surface area contributed by atoms with Crippen molar-refractivity contribution in [3.63, 3.8) is 0 Å². The van der Waals surface area contributed by atoms with Crippen LogP contribution in [0.4, 0.5) is 0 Å². The molecule has 0 atom stereocenters. The average molecular weight is 303 g/mol. The minimum Gasteiger partial charge on any atom is -0.355 e. The summed E-state index contributed by atoms with van der Waals surface area (Å²) in [5, 5.41) is 2.97. The Morgan fingerprint density at radius 3 is 2.81 bits per heavy atom. The Labute approximate surface area is 108 Å². The van der Waals surface area contributed by atoms with Crippen molar-refractivity contribution in [1.82, 2.24) is 5.32 Å². The Kier molecular flexibility index (Phi) is 3.66. The first-order valence-corrected chi connectivity index (χ1v) is 6.95. The lowest BCUT2D eigenvalue weighted by Gasteiger charge is -2.12. The van der Waals surface area contributed by atoms with Crippen LogP contribution in [0.1, 0.15) is 17.7 Å². The summed E-state index contributed by atoms with van der Waals surface area (Å²) in [7, 11) is 0. The summed E-state index contributed by atoms with van der Waals surface area (Å²) < 4.78 is 1.07. The van der Waals surface area contributed by atoms with Crippen LogP contribution in [0.15, 0.2) is 15.9 Å². The van der Waals surface area contributed by atoms with E-state index >= 15 is 0 Å². The van der Waals surface area contributed by atoms with Gasteiger partial charge in [-0.05, 0) is 52.9 Å². The topological polar surface area (TPSA) is 55.1 Å². The molecule has 0 aliphatic heterocycles. The SMILES string of the molecule is NCC1(CNC(=O)Cc2ccc(Br)s2)CC1. The van der Waals surface area contributed by atoms with Gasteiger partial charge in [-0.15, -0.1) is 11.3 Å². The number of thiophene rings is 1. The van der Waals surface area contributed by atoms with Crippen molar-refractivity contribution in [2.24, 2.45) is 11.1 Å². The molecular formula is C11H15BrN2OS. The van der Waals surface area contributed by atoms with Crippen LogP contribution in [-0.4, -0.2) is 19.0 Å². The summed E-state index contributed by atoms with van der Waals surface area (Å²) >= 11 is 4.99. The zero-order chi connectivity index (χ0) is 11.6. The number of amides is 1. The van der Waals surface area contributed by atoms with Crippen molar-refractivity contribution in [2.75, 3.05) is 13.1 Å². The van der Waals surface area contributed by atoms with Gasteiger partial charge in [0, 0.05) is 11.4 Å². The molecule has 1 aliphatic rings. The van der Waals surface area contributed by atoms with Gasteiger partial charge < -0.3 is 11.1 Å². The fourth-order valence-electron chi connectivity index (χ4n) is 1.58. The predicted molar refractivity (Wildman–Crippen MR) is 69.5 cm³/mol. The molecule has 0 bridgehead atoms. The van der Waals surface area contributed by atoms with Gasteiger partial charge >= 0.3 is 0 Å². The first-order chi connectivity index (χ1) is 7.63. The van der Waals surface area contributed by atoms with Gasteiger partial charge in [-0.3, -0.25) is 4.79 Å². The van der Waals surface area contributed by atoms with E-state index in [0.717, 1.165) is 28.0 Å². The van der Waals surface area contributed by atoms with Crippen LogP contribution in [0, 0.1) is 5.41 Å². The second kappa shape index (κ2) is 4.85. The summed E-state index contributed by atoms with van der Waals surface area (Å²) in [5.41, 5.74) is 5.87. The van der Waals surface area contributed by atoms with E-state index in [-0.39, 0.29) is 11.3 Å². The smallest absolute Gasteiger partial charge is 0.225 e. The van der Waals surface area contributed by atoms with Gasteiger partial charge in [0.25, 0.3) is 0 Å². The summed E-state index contributed by atoms with van der Waals surface area (Å²) in [6, 6.07) is 3.94. The van der Waals surface area contributed by atoms with Crippen LogP contribution < -0.4 is 11.1 Å². The predicted octanol–water partition coefficient (Wildman–Crippen LogP) is 1.91. The normalized spacial score (nSPS) is 17.1. The molecule has 1 amide bonds. The van der Waals surface area contributed by atoms with E-state index in [1.165, 1.54) is 0 Å². The number of hydrogen-bond acceptors (Lipinski definition) is 3. The Morgan fingerprint density at radius 1 is 1.56 bits per heavy atom. The van der Waals surface area contributed by atoms with Crippen molar-refractivity contribution < 1.29 is 4.79 Å². The first-order valence-electron chi connectivity index (χ1n) is 5.35. The summed E-state index contributed by atoms with van der Waals surface area (Å²) in [6.45, 7) is 1.41. The van der Waals surface area contributed by atoms with Gasteiger partial charge in [-0.2, -0.15) is 0 Å². The molecule has 0 unspecified atom stereocenters. The lowest BCUT2D eigenvalue weighted by molar-refractivity contribution is -0.120. The zero-order valence-electron chi connectivity index (χ0n) is 8.96. The third-order valence-corrected chi connectivity index (χ3v) is 4.64. The molecule has 1 aromatic rings. The van der Waals surface area contributed by atoms with Crippen molar-refractivity contribution in [1.29, 1.82) is 0 Å². The molecule has 3 N–H and O–H groups in total. The lowest BCUT2D eigenvalue weighted by atomic mass is 10.1. The zero-order valence-corrected chi connectivity index (χ0v) is 11.4. The molecule has 1 heterocycles. The van der Waals surface area contributed by atoms with Gasteiger partial charge in [0.05, 0.1) is 10.2 Å². The van der Waals surface area contributed by atoms with Gasteiger partial charge in [0.2, 0.25) is 5.91 Å². The van der Waals surface area contributed by atoms with Crippen molar-refractivity contribution >= 4 is 33.2 Å². The molecule has 1 aromatic heterocycles. The maximum atomic E-state index is 11.7. The molecular weight excluding hydrogens is 288 g/mol. The minimum atomic E-state index is 0.0917. The average Bonchev–Trinajstić information content (AvgIpc) is 2.95. The van der Waals surface area contributed by atoms with E-state index in [4.69, 9.17) is 5.73 Å². The van der Waals surface area contributed by atoms with Crippen molar-refractivity contribution in [3.8, 4) is 0 Å². The van der Waals surface area contributed by atoms with Gasteiger partial charge in [0.15, 0.2) is 0 Å². The molecule has 5 heteroatoms. The van der Waals surface area contributed by atoms with E-state index in [1.807, 2.05) is 12.1 Å². The largest absolute Gasteiger partial charge is 0.355 e. The highest BCUT2D eigenvalue weighted by molar-refractivity contribution is 9.11. The summed E-state index contributed by atoms with van der Waals surface area (Å²) in [5.74, 6) is 0.0917.